The van der Waals surface area contributed by atoms with Crippen LogP contribution in [-0.4, -0.2) is 54.6 Å². The van der Waals surface area contributed by atoms with Crippen LogP contribution in [0.3, 0.4) is 0 Å². The maximum absolute atomic E-state index is 13.2. The summed E-state index contributed by atoms with van der Waals surface area (Å²) in [5.41, 5.74) is 1.15. The number of hydrogen-bond donors (Lipinski definition) is 2. The zero-order chi connectivity index (χ0) is 24.2. The van der Waals surface area contributed by atoms with Gasteiger partial charge in [-0.3, -0.25) is 14.4 Å². The van der Waals surface area contributed by atoms with E-state index >= 15 is 0 Å². The molecule has 1 aliphatic carbocycles. The molecule has 2 aliphatic heterocycles. The molecule has 8 heteroatoms. The summed E-state index contributed by atoms with van der Waals surface area (Å²) >= 11 is 0. The second-order valence-corrected chi connectivity index (χ2v) is 9.50. The van der Waals surface area contributed by atoms with Gasteiger partial charge in [0.15, 0.2) is 11.5 Å². The maximum Gasteiger partial charge on any atom is 0.254 e. The molecule has 0 radical (unpaired) electrons. The van der Waals surface area contributed by atoms with Crippen molar-refractivity contribution in [1.29, 1.82) is 0 Å². The Hall–Kier alpha value is -3.55. The van der Waals surface area contributed by atoms with Crippen LogP contribution in [0.1, 0.15) is 59.2 Å². The van der Waals surface area contributed by atoms with Gasteiger partial charge in [-0.15, -0.1) is 0 Å². The van der Waals surface area contributed by atoms with E-state index < -0.39 is 0 Å². The number of rotatable bonds is 5. The van der Waals surface area contributed by atoms with Crippen LogP contribution in [0.2, 0.25) is 0 Å². The van der Waals surface area contributed by atoms with Crippen molar-refractivity contribution in [3.63, 3.8) is 0 Å². The molecule has 1 saturated carbocycles. The normalized spacial score (nSPS) is 23.4. The quantitative estimate of drug-likeness (QED) is 0.690. The van der Waals surface area contributed by atoms with E-state index in [1.54, 1.807) is 35.2 Å². The van der Waals surface area contributed by atoms with Gasteiger partial charge in [-0.2, -0.15) is 0 Å². The molecular weight excluding hydrogens is 446 g/mol. The molecule has 5 rings (SSSR count). The molecule has 0 spiro atoms. The van der Waals surface area contributed by atoms with Gasteiger partial charge in [0.05, 0.1) is 5.92 Å². The summed E-state index contributed by atoms with van der Waals surface area (Å²) in [5.74, 6) is 0.677. The fraction of sp³-hybridized carbons (Fsp3) is 0.444. The Morgan fingerprint density at radius 2 is 1.54 bits per heavy atom. The van der Waals surface area contributed by atoms with E-state index in [1.165, 1.54) is 0 Å². The number of hydrogen-bond acceptors (Lipinski definition) is 5. The summed E-state index contributed by atoms with van der Waals surface area (Å²) in [7, 11) is 0. The molecule has 184 valence electrons. The molecule has 35 heavy (non-hydrogen) atoms. The van der Waals surface area contributed by atoms with Gasteiger partial charge in [-0.05, 0) is 56.0 Å². The minimum Gasteiger partial charge on any atom is -0.454 e. The summed E-state index contributed by atoms with van der Waals surface area (Å²) in [6.07, 6.45) is 5.22. The molecule has 1 unspecified atom stereocenters. The first-order valence-corrected chi connectivity index (χ1v) is 12.4. The van der Waals surface area contributed by atoms with Crippen LogP contribution in [0, 0.1) is 5.92 Å². The van der Waals surface area contributed by atoms with Gasteiger partial charge >= 0.3 is 0 Å². The predicted molar refractivity (Wildman–Crippen MR) is 129 cm³/mol. The lowest BCUT2D eigenvalue weighted by atomic mass is 9.88. The molecule has 2 N–H and O–H groups in total. The average molecular weight is 478 g/mol. The average Bonchev–Trinajstić information content (AvgIpc) is 3.38. The lowest BCUT2D eigenvalue weighted by Crippen LogP contribution is -2.55. The van der Waals surface area contributed by atoms with Crippen LogP contribution in [0.5, 0.6) is 11.5 Å². The molecule has 0 aromatic heterocycles. The Morgan fingerprint density at radius 3 is 2.34 bits per heavy atom. The third kappa shape index (κ3) is 5.26. The van der Waals surface area contributed by atoms with Gasteiger partial charge in [-0.25, -0.2) is 0 Å². The highest BCUT2D eigenvalue weighted by molar-refractivity contribution is 5.96. The third-order valence-electron chi connectivity index (χ3n) is 7.14. The summed E-state index contributed by atoms with van der Waals surface area (Å²) < 4.78 is 10.7. The zero-order valence-electron chi connectivity index (χ0n) is 19.7. The Kier molecular flexibility index (Phi) is 6.88. The van der Waals surface area contributed by atoms with Crippen molar-refractivity contribution < 1.29 is 23.9 Å². The number of carbonyl (C=O) groups is 3. The minimum atomic E-state index is -0.269. The van der Waals surface area contributed by atoms with Crippen LogP contribution in [0.4, 0.5) is 0 Å². The molecule has 0 bridgehead atoms. The van der Waals surface area contributed by atoms with E-state index in [0.717, 1.165) is 38.5 Å². The van der Waals surface area contributed by atoms with Crippen molar-refractivity contribution in [3.8, 4) is 11.5 Å². The minimum absolute atomic E-state index is 0.0425. The first kappa shape index (κ1) is 23.2. The second-order valence-electron chi connectivity index (χ2n) is 9.50. The standard InChI is InChI=1S/C27H31N3O5/c31-25(18-7-2-1-3-8-18)28-21-10-4-5-11-22(21)29-26(32)20-9-6-14-30(16-20)27(33)19-12-13-23-24(15-19)35-17-34-23/h1-3,7-8,12-13,15,20-22H,4-6,9-11,14,16-17H2,(H,28,31)(H,29,32)/t20?,21-,22-/m1/s1. The number of piperidine rings is 1. The van der Waals surface area contributed by atoms with E-state index in [9.17, 15) is 14.4 Å². The number of nitrogens with zero attached hydrogens (tertiary/aromatic N) is 1. The van der Waals surface area contributed by atoms with Crippen LogP contribution < -0.4 is 20.1 Å². The molecule has 3 amide bonds. The monoisotopic (exact) mass is 477 g/mol. The van der Waals surface area contributed by atoms with Crippen molar-refractivity contribution >= 4 is 17.7 Å². The Morgan fingerprint density at radius 1 is 0.800 bits per heavy atom. The van der Waals surface area contributed by atoms with Gasteiger partial charge in [0.1, 0.15) is 0 Å². The number of nitrogens with one attached hydrogen (secondary N) is 2. The van der Waals surface area contributed by atoms with Gasteiger partial charge in [0.25, 0.3) is 11.8 Å². The van der Waals surface area contributed by atoms with Gasteiger partial charge in [0, 0.05) is 36.3 Å². The molecule has 2 aromatic carbocycles. The number of amides is 3. The molecule has 3 aliphatic rings. The van der Waals surface area contributed by atoms with E-state index in [1.807, 2.05) is 18.2 Å². The van der Waals surface area contributed by atoms with Crippen LogP contribution >= 0.6 is 0 Å². The van der Waals surface area contributed by atoms with E-state index in [0.29, 0.717) is 35.7 Å². The van der Waals surface area contributed by atoms with Crippen molar-refractivity contribution in [2.75, 3.05) is 19.9 Å². The summed E-state index contributed by atoms with van der Waals surface area (Å²) in [6.45, 7) is 1.16. The highest BCUT2D eigenvalue weighted by atomic mass is 16.7. The van der Waals surface area contributed by atoms with Crippen molar-refractivity contribution in [2.45, 2.75) is 50.6 Å². The van der Waals surface area contributed by atoms with Crippen LogP contribution in [0.15, 0.2) is 48.5 Å². The molecule has 3 atom stereocenters. The number of ether oxygens (including phenoxy) is 2. The highest BCUT2D eigenvalue weighted by Gasteiger charge is 2.33. The number of likely N-dealkylation sites (tertiary alicyclic amines) is 1. The van der Waals surface area contributed by atoms with Crippen molar-refractivity contribution in [3.05, 3.63) is 59.7 Å². The molecule has 2 fully saturated rings. The smallest absolute Gasteiger partial charge is 0.254 e. The predicted octanol–water partition coefficient (Wildman–Crippen LogP) is 3.12. The first-order chi connectivity index (χ1) is 17.1. The molecule has 2 aromatic rings. The van der Waals surface area contributed by atoms with Gasteiger partial charge in [0.2, 0.25) is 12.7 Å². The van der Waals surface area contributed by atoms with E-state index in [4.69, 9.17) is 9.47 Å². The van der Waals surface area contributed by atoms with Gasteiger partial charge in [-0.1, -0.05) is 31.0 Å². The van der Waals surface area contributed by atoms with Crippen LogP contribution in [-0.2, 0) is 4.79 Å². The molecule has 2 heterocycles. The van der Waals surface area contributed by atoms with Crippen molar-refractivity contribution in [1.82, 2.24) is 15.5 Å². The number of carbonyl (C=O) groups excluding carboxylic acids is 3. The summed E-state index contributed by atoms with van der Waals surface area (Å²) in [6, 6.07) is 14.1. The van der Waals surface area contributed by atoms with E-state index in [-0.39, 0.29) is 42.5 Å². The van der Waals surface area contributed by atoms with Gasteiger partial charge < -0.3 is 25.0 Å². The topological polar surface area (TPSA) is 97.0 Å². The Bertz CT molecular complexity index is 1090. The second kappa shape index (κ2) is 10.4. The lowest BCUT2D eigenvalue weighted by Gasteiger charge is -2.36. The van der Waals surface area contributed by atoms with Crippen molar-refractivity contribution in [2.24, 2.45) is 5.92 Å². The third-order valence-corrected chi connectivity index (χ3v) is 7.14. The Labute approximate surface area is 205 Å². The van der Waals surface area contributed by atoms with Crippen LogP contribution in [0.25, 0.3) is 0 Å². The SMILES string of the molecule is O=C(N[C@@H]1CCCC[C@H]1NC(=O)C1CCCN(C(=O)c2ccc3c(c2)OCO3)C1)c1ccccc1. The fourth-order valence-electron chi connectivity index (χ4n) is 5.21. The largest absolute Gasteiger partial charge is 0.454 e. The zero-order valence-corrected chi connectivity index (χ0v) is 19.7. The lowest BCUT2D eigenvalue weighted by molar-refractivity contribution is -0.127. The number of benzene rings is 2. The summed E-state index contributed by atoms with van der Waals surface area (Å²) in [4.78, 5) is 40.8. The molecular formula is C27H31N3O5. The summed E-state index contributed by atoms with van der Waals surface area (Å²) in [5, 5.41) is 6.32. The molecule has 8 nitrogen and oxygen atoms in total. The number of fused-ring (bicyclic) bond motifs is 1. The maximum atomic E-state index is 13.2. The molecule has 1 saturated heterocycles. The highest BCUT2D eigenvalue weighted by Crippen LogP contribution is 2.33. The Balaban J connectivity index is 1.20. The fourth-order valence-corrected chi connectivity index (χ4v) is 5.21. The van der Waals surface area contributed by atoms with E-state index in [2.05, 4.69) is 10.6 Å². The first-order valence-electron chi connectivity index (χ1n) is 12.4.